The van der Waals surface area contributed by atoms with E-state index >= 15 is 0 Å². The highest BCUT2D eigenvalue weighted by molar-refractivity contribution is 5.71. The van der Waals surface area contributed by atoms with Crippen molar-refractivity contribution >= 4 is 6.21 Å². The largest absolute Gasteiger partial charge is 0.370 e. The molecule has 0 saturated heterocycles. The molecule has 1 aliphatic heterocycles. The topological polar surface area (TPSA) is 24.4 Å². The van der Waals surface area contributed by atoms with Gasteiger partial charge in [0.1, 0.15) is 6.17 Å². The van der Waals surface area contributed by atoms with Crippen LogP contribution in [0.4, 0.5) is 0 Å². The second-order valence-electron chi connectivity index (χ2n) is 1.50. The molecule has 0 radical (unpaired) electrons. The van der Waals surface area contributed by atoms with Crippen molar-refractivity contribution in [3.05, 3.63) is 12.3 Å². The zero-order valence-corrected chi connectivity index (χ0v) is 4.26. The van der Waals surface area contributed by atoms with Gasteiger partial charge in [0.25, 0.3) is 0 Å². The van der Waals surface area contributed by atoms with Crippen LogP contribution in [0.5, 0.6) is 0 Å². The summed E-state index contributed by atoms with van der Waals surface area (Å²) in [7, 11) is 0. The maximum absolute atomic E-state index is 4.01. The van der Waals surface area contributed by atoms with Crippen LogP contribution in [0.25, 0.3) is 0 Å². The molecule has 38 valence electrons. The van der Waals surface area contributed by atoms with E-state index in [4.69, 9.17) is 0 Å². The Kier molecular flexibility index (Phi) is 1.11. The van der Waals surface area contributed by atoms with Crippen LogP contribution in [0.2, 0.25) is 0 Å². The average molecular weight is 96.1 g/mol. The van der Waals surface area contributed by atoms with Gasteiger partial charge >= 0.3 is 0 Å². The lowest BCUT2D eigenvalue weighted by Crippen LogP contribution is -2.19. The molecule has 1 rings (SSSR count). The Hall–Kier alpha value is -0.790. The van der Waals surface area contributed by atoms with Crippen molar-refractivity contribution in [2.75, 3.05) is 0 Å². The molecule has 0 aromatic heterocycles. The quantitative estimate of drug-likeness (QED) is 0.467. The third-order valence-corrected chi connectivity index (χ3v) is 0.829. The van der Waals surface area contributed by atoms with E-state index < -0.39 is 0 Å². The lowest BCUT2D eigenvalue weighted by Gasteiger charge is -2.06. The maximum Gasteiger partial charge on any atom is 0.115 e. The number of nitrogens with zero attached hydrogens (tertiary/aromatic N) is 1. The van der Waals surface area contributed by atoms with E-state index in [9.17, 15) is 0 Å². The Labute approximate surface area is 42.9 Å². The molecule has 1 aliphatic rings. The van der Waals surface area contributed by atoms with Gasteiger partial charge in [-0.25, -0.2) is 0 Å². The van der Waals surface area contributed by atoms with Gasteiger partial charge in [0, 0.05) is 6.21 Å². The van der Waals surface area contributed by atoms with Gasteiger partial charge in [0.15, 0.2) is 0 Å². The van der Waals surface area contributed by atoms with Crippen molar-refractivity contribution in [1.82, 2.24) is 5.32 Å². The molecule has 0 spiro atoms. The molecule has 1 atom stereocenters. The molecule has 2 nitrogen and oxygen atoms in total. The van der Waals surface area contributed by atoms with Gasteiger partial charge in [0.05, 0.1) is 0 Å². The third-order valence-electron chi connectivity index (χ3n) is 0.829. The summed E-state index contributed by atoms with van der Waals surface area (Å²) in [6.45, 7) is 2.00. The van der Waals surface area contributed by atoms with Crippen molar-refractivity contribution in [2.45, 2.75) is 13.1 Å². The fourth-order valence-corrected chi connectivity index (χ4v) is 0.460. The Morgan fingerprint density at radius 2 is 2.57 bits per heavy atom. The van der Waals surface area contributed by atoms with E-state index in [0.29, 0.717) is 0 Å². The summed E-state index contributed by atoms with van der Waals surface area (Å²) in [4.78, 5) is 4.01. The van der Waals surface area contributed by atoms with Crippen LogP contribution in [-0.4, -0.2) is 12.4 Å². The third kappa shape index (κ3) is 1.03. The lowest BCUT2D eigenvalue weighted by atomic mass is 10.5. The zero-order chi connectivity index (χ0) is 5.11. The molecule has 0 bridgehead atoms. The molecule has 1 heterocycles. The van der Waals surface area contributed by atoms with Gasteiger partial charge in [-0.05, 0) is 19.2 Å². The number of allylic oxidation sites excluding steroid dienone is 1. The summed E-state index contributed by atoms with van der Waals surface area (Å²) in [5, 5.41) is 3.00. The molecule has 0 aliphatic carbocycles. The molecule has 0 amide bonds. The van der Waals surface area contributed by atoms with E-state index in [1.807, 2.05) is 19.2 Å². The van der Waals surface area contributed by atoms with Crippen LogP contribution in [-0.2, 0) is 0 Å². The molecule has 0 aromatic rings. The number of nitrogens with one attached hydrogen (secondary N) is 1. The number of hydrogen-bond donors (Lipinski definition) is 1. The van der Waals surface area contributed by atoms with Crippen molar-refractivity contribution < 1.29 is 0 Å². The highest BCUT2D eigenvalue weighted by atomic mass is 15.0. The van der Waals surface area contributed by atoms with Gasteiger partial charge < -0.3 is 5.32 Å². The van der Waals surface area contributed by atoms with Gasteiger partial charge in [-0.2, -0.15) is 0 Å². The summed E-state index contributed by atoms with van der Waals surface area (Å²) in [5.74, 6) is 0. The van der Waals surface area contributed by atoms with E-state index in [1.54, 1.807) is 6.21 Å². The summed E-state index contributed by atoms with van der Waals surface area (Å²) >= 11 is 0. The Morgan fingerprint density at radius 1 is 1.71 bits per heavy atom. The van der Waals surface area contributed by atoms with Crippen molar-refractivity contribution in [1.29, 1.82) is 0 Å². The van der Waals surface area contributed by atoms with Gasteiger partial charge in [-0.1, -0.05) is 0 Å². The molecular formula is C5H8N2. The van der Waals surface area contributed by atoms with Crippen molar-refractivity contribution in [3.63, 3.8) is 0 Å². The maximum atomic E-state index is 4.01. The Bertz CT molecular complexity index is 105. The molecule has 1 N–H and O–H groups in total. The van der Waals surface area contributed by atoms with Crippen molar-refractivity contribution in [2.24, 2.45) is 4.99 Å². The standard InChI is InChI=1S/C5H8N2/c1-5-6-3-2-4-7-5/h2-6H,1H3. The van der Waals surface area contributed by atoms with Crippen LogP contribution in [0.3, 0.4) is 0 Å². The SMILES string of the molecule is CC1N=CC=CN1. The predicted octanol–water partition coefficient (Wildman–Crippen LogP) is 0.520. The summed E-state index contributed by atoms with van der Waals surface area (Å²) in [5.41, 5.74) is 0. The number of rotatable bonds is 0. The highest BCUT2D eigenvalue weighted by Crippen LogP contribution is 1.85. The van der Waals surface area contributed by atoms with Crippen LogP contribution >= 0.6 is 0 Å². The first-order valence-corrected chi connectivity index (χ1v) is 2.34. The average Bonchev–Trinajstić information content (AvgIpc) is 1.69. The summed E-state index contributed by atoms with van der Waals surface area (Å²) < 4.78 is 0. The highest BCUT2D eigenvalue weighted by Gasteiger charge is 1.91. The summed E-state index contributed by atoms with van der Waals surface area (Å²) in [6, 6.07) is 0. The number of hydrogen-bond acceptors (Lipinski definition) is 2. The fraction of sp³-hybridized carbons (Fsp3) is 0.400. The molecule has 1 unspecified atom stereocenters. The normalized spacial score (nSPS) is 27.3. The number of aliphatic imine (C=N–C) groups is 1. The van der Waals surface area contributed by atoms with Crippen LogP contribution in [0.15, 0.2) is 17.3 Å². The first-order chi connectivity index (χ1) is 3.39. The molecule has 0 aromatic carbocycles. The monoisotopic (exact) mass is 96.1 g/mol. The minimum absolute atomic E-state index is 0.269. The Morgan fingerprint density at radius 3 is 2.86 bits per heavy atom. The first-order valence-electron chi connectivity index (χ1n) is 2.34. The van der Waals surface area contributed by atoms with Gasteiger partial charge in [-0.3, -0.25) is 4.99 Å². The minimum atomic E-state index is 0.269. The van der Waals surface area contributed by atoms with E-state index in [-0.39, 0.29) is 6.17 Å². The second kappa shape index (κ2) is 1.78. The molecule has 7 heavy (non-hydrogen) atoms. The minimum Gasteiger partial charge on any atom is -0.370 e. The van der Waals surface area contributed by atoms with Crippen LogP contribution < -0.4 is 5.32 Å². The van der Waals surface area contributed by atoms with E-state index in [1.165, 1.54) is 0 Å². The van der Waals surface area contributed by atoms with Gasteiger partial charge in [-0.15, -0.1) is 0 Å². The second-order valence-corrected chi connectivity index (χ2v) is 1.50. The Balaban J connectivity index is 2.49. The zero-order valence-electron chi connectivity index (χ0n) is 4.26. The van der Waals surface area contributed by atoms with Gasteiger partial charge in [0.2, 0.25) is 0 Å². The molecule has 0 saturated carbocycles. The smallest absolute Gasteiger partial charge is 0.115 e. The molecule has 2 heteroatoms. The summed E-state index contributed by atoms with van der Waals surface area (Å²) in [6.07, 6.45) is 5.82. The van der Waals surface area contributed by atoms with E-state index in [2.05, 4.69) is 10.3 Å². The first kappa shape index (κ1) is 4.37. The van der Waals surface area contributed by atoms with Crippen molar-refractivity contribution in [3.8, 4) is 0 Å². The predicted molar refractivity (Wildman–Crippen MR) is 30.2 cm³/mol. The van der Waals surface area contributed by atoms with Crippen LogP contribution in [0, 0.1) is 0 Å². The fourth-order valence-electron chi connectivity index (χ4n) is 0.460. The lowest BCUT2D eigenvalue weighted by molar-refractivity contribution is 0.670. The van der Waals surface area contributed by atoms with Crippen LogP contribution in [0.1, 0.15) is 6.92 Å². The molecular weight excluding hydrogens is 88.1 g/mol. The van der Waals surface area contributed by atoms with E-state index in [0.717, 1.165) is 0 Å². The molecule has 0 fully saturated rings.